The molecule has 0 bridgehead atoms. The molecule has 5 aromatic rings. The van der Waals surface area contributed by atoms with Gasteiger partial charge in [0.25, 0.3) is 10.0 Å². The van der Waals surface area contributed by atoms with Crippen LogP contribution in [0, 0.1) is 0 Å². The Bertz CT molecular complexity index is 1630. The molecule has 164 valence electrons. The maximum absolute atomic E-state index is 13.0. The van der Waals surface area contributed by atoms with Gasteiger partial charge in [-0.05, 0) is 24.3 Å². The lowest BCUT2D eigenvalue weighted by atomic mass is 9.95. The lowest BCUT2D eigenvalue weighted by Gasteiger charge is -2.17. The zero-order chi connectivity index (χ0) is 23.2. The quantitative estimate of drug-likeness (QED) is 0.258. The van der Waals surface area contributed by atoms with Crippen LogP contribution in [0.2, 0.25) is 5.02 Å². The summed E-state index contributed by atoms with van der Waals surface area (Å²) >= 11 is 6.48. The summed E-state index contributed by atoms with van der Waals surface area (Å²) in [7, 11) is -3.89. The first kappa shape index (κ1) is 21.1. The minimum absolute atomic E-state index is 0.0579. The van der Waals surface area contributed by atoms with Crippen molar-refractivity contribution in [3.8, 4) is 22.6 Å². The average Bonchev–Trinajstić information content (AvgIpc) is 2.84. The number of nitrogens with one attached hydrogen (secondary N) is 1. The monoisotopic (exact) mass is 475 g/mol. The molecule has 0 unspecified atom stereocenters. The zero-order valence-electron chi connectivity index (χ0n) is 17.2. The van der Waals surface area contributed by atoms with Crippen molar-refractivity contribution in [1.29, 1.82) is 0 Å². The van der Waals surface area contributed by atoms with E-state index in [1.165, 1.54) is 18.2 Å². The average molecular weight is 476 g/mol. The van der Waals surface area contributed by atoms with Crippen LogP contribution in [-0.2, 0) is 10.0 Å². The van der Waals surface area contributed by atoms with Crippen molar-refractivity contribution in [1.82, 2.24) is 0 Å². The maximum Gasteiger partial charge on any atom is 0.261 e. The molecule has 5 nitrogen and oxygen atoms in total. The minimum Gasteiger partial charge on any atom is -0.507 e. The summed E-state index contributed by atoms with van der Waals surface area (Å²) in [6, 6.07) is 25.1. The highest BCUT2D eigenvalue weighted by Crippen LogP contribution is 2.47. The summed E-state index contributed by atoms with van der Waals surface area (Å²) in [6.07, 6.45) is 0. The predicted octanol–water partition coefficient (Wildman–Crippen LogP) is 6.53. The Hall–Kier alpha value is -3.74. The number of halogens is 1. The number of hydrogen-bond acceptors (Lipinski definition) is 4. The third kappa shape index (κ3) is 3.63. The third-order valence-electron chi connectivity index (χ3n) is 5.57. The number of anilines is 1. The molecule has 0 saturated heterocycles. The van der Waals surface area contributed by atoms with E-state index in [9.17, 15) is 18.6 Å². The smallest absolute Gasteiger partial charge is 0.261 e. The van der Waals surface area contributed by atoms with Gasteiger partial charge < -0.3 is 10.2 Å². The number of benzene rings is 5. The Morgan fingerprint density at radius 3 is 1.76 bits per heavy atom. The number of fused-ring (bicyclic) bond motifs is 2. The molecule has 0 fully saturated rings. The molecule has 7 heteroatoms. The van der Waals surface area contributed by atoms with Gasteiger partial charge in [0.05, 0.1) is 10.6 Å². The maximum atomic E-state index is 13.0. The summed E-state index contributed by atoms with van der Waals surface area (Å²) in [5.74, 6) is -0.146. The Balaban J connectivity index is 1.77. The summed E-state index contributed by atoms with van der Waals surface area (Å²) in [4.78, 5) is 0.111. The molecule has 0 spiro atoms. The number of rotatable bonds is 4. The van der Waals surface area contributed by atoms with E-state index in [4.69, 9.17) is 11.6 Å². The van der Waals surface area contributed by atoms with Gasteiger partial charge in [-0.3, -0.25) is 4.72 Å². The lowest BCUT2D eigenvalue weighted by molar-refractivity contribution is 0.475. The molecule has 0 aliphatic heterocycles. The van der Waals surface area contributed by atoms with Gasteiger partial charge in [-0.1, -0.05) is 78.3 Å². The molecule has 0 radical (unpaired) electrons. The SMILES string of the molecule is O=S(=O)(Nc1cc(-c2cc(Cl)c3ccccc3c2O)c(O)c2ccccc12)c1ccccc1. The molecule has 0 heterocycles. The van der Waals surface area contributed by atoms with Crippen molar-refractivity contribution in [3.63, 3.8) is 0 Å². The van der Waals surface area contributed by atoms with Crippen LogP contribution in [0.3, 0.4) is 0 Å². The normalized spacial score (nSPS) is 11.7. The Morgan fingerprint density at radius 2 is 1.12 bits per heavy atom. The van der Waals surface area contributed by atoms with E-state index >= 15 is 0 Å². The fraction of sp³-hybridized carbons (Fsp3) is 0. The van der Waals surface area contributed by atoms with Gasteiger partial charge in [0.2, 0.25) is 0 Å². The standard InChI is InChI=1S/C26H18ClNO4S/c27-23-14-21(25(29)19-12-6-4-10-17(19)23)22-15-24(18-11-5-7-13-20(18)26(22)30)28-33(31,32)16-8-2-1-3-9-16/h1-15,28-30H. The van der Waals surface area contributed by atoms with Crippen molar-refractivity contribution >= 4 is 48.9 Å². The van der Waals surface area contributed by atoms with E-state index in [-0.39, 0.29) is 27.6 Å². The van der Waals surface area contributed by atoms with Crippen LogP contribution in [0.5, 0.6) is 11.5 Å². The topological polar surface area (TPSA) is 86.6 Å². The number of aromatic hydroxyl groups is 2. The first-order chi connectivity index (χ1) is 15.9. The Kier molecular flexibility index (Phi) is 5.12. The molecule has 0 aromatic heterocycles. The van der Waals surface area contributed by atoms with E-state index < -0.39 is 10.0 Å². The molecule has 3 N–H and O–H groups in total. The first-order valence-electron chi connectivity index (χ1n) is 10.1. The second kappa shape index (κ2) is 7.99. The highest BCUT2D eigenvalue weighted by molar-refractivity contribution is 7.92. The van der Waals surface area contributed by atoms with Crippen molar-refractivity contribution in [2.45, 2.75) is 4.90 Å². The number of phenols is 2. The number of sulfonamides is 1. The van der Waals surface area contributed by atoms with Crippen LogP contribution in [0.1, 0.15) is 0 Å². The van der Waals surface area contributed by atoms with Gasteiger partial charge in [-0.2, -0.15) is 0 Å². The third-order valence-corrected chi connectivity index (χ3v) is 7.26. The minimum atomic E-state index is -3.89. The fourth-order valence-corrected chi connectivity index (χ4v) is 5.34. The van der Waals surface area contributed by atoms with Crippen molar-refractivity contribution in [2.75, 3.05) is 4.72 Å². The van der Waals surface area contributed by atoms with Crippen molar-refractivity contribution in [3.05, 3.63) is 96.0 Å². The van der Waals surface area contributed by atoms with Crippen LogP contribution >= 0.6 is 11.6 Å². The van der Waals surface area contributed by atoms with E-state index in [0.29, 0.717) is 32.1 Å². The van der Waals surface area contributed by atoms with Crippen LogP contribution in [0.15, 0.2) is 95.9 Å². The van der Waals surface area contributed by atoms with Gasteiger partial charge in [0, 0.05) is 37.7 Å². The second-order valence-electron chi connectivity index (χ2n) is 7.58. The molecule has 0 atom stereocenters. The molecule has 0 aliphatic rings. The van der Waals surface area contributed by atoms with Crippen LogP contribution in [0.4, 0.5) is 5.69 Å². The van der Waals surface area contributed by atoms with Gasteiger partial charge in [-0.15, -0.1) is 0 Å². The summed E-state index contributed by atoms with van der Waals surface area (Å²) < 4.78 is 28.7. The van der Waals surface area contributed by atoms with Gasteiger partial charge in [0.1, 0.15) is 11.5 Å². The van der Waals surface area contributed by atoms with Crippen molar-refractivity contribution < 1.29 is 18.6 Å². The molecular weight excluding hydrogens is 458 g/mol. The largest absolute Gasteiger partial charge is 0.507 e. The highest BCUT2D eigenvalue weighted by atomic mass is 35.5. The van der Waals surface area contributed by atoms with Gasteiger partial charge >= 0.3 is 0 Å². The van der Waals surface area contributed by atoms with Crippen LogP contribution in [-0.4, -0.2) is 18.6 Å². The Morgan fingerprint density at radius 1 is 0.636 bits per heavy atom. The fourth-order valence-electron chi connectivity index (χ4n) is 3.97. The molecular formula is C26H18ClNO4S. The Labute approximate surface area is 195 Å². The van der Waals surface area contributed by atoms with E-state index in [0.717, 1.165) is 0 Å². The van der Waals surface area contributed by atoms with Crippen molar-refractivity contribution in [2.24, 2.45) is 0 Å². The van der Waals surface area contributed by atoms with Gasteiger partial charge in [0.15, 0.2) is 0 Å². The van der Waals surface area contributed by atoms with E-state index in [2.05, 4.69) is 4.72 Å². The van der Waals surface area contributed by atoms with Crippen LogP contribution in [0.25, 0.3) is 32.7 Å². The molecule has 33 heavy (non-hydrogen) atoms. The summed E-state index contributed by atoms with van der Waals surface area (Å²) in [6.45, 7) is 0. The molecule has 0 saturated carbocycles. The molecule has 0 amide bonds. The predicted molar refractivity (Wildman–Crippen MR) is 132 cm³/mol. The molecule has 0 aliphatic carbocycles. The van der Waals surface area contributed by atoms with E-state index in [1.54, 1.807) is 66.7 Å². The molecule has 5 aromatic carbocycles. The second-order valence-corrected chi connectivity index (χ2v) is 9.67. The number of hydrogen-bond donors (Lipinski definition) is 3. The zero-order valence-corrected chi connectivity index (χ0v) is 18.7. The van der Waals surface area contributed by atoms with Crippen LogP contribution < -0.4 is 4.72 Å². The highest BCUT2D eigenvalue weighted by Gasteiger charge is 2.21. The molecule has 5 rings (SSSR count). The summed E-state index contributed by atoms with van der Waals surface area (Å²) in [5, 5.41) is 24.7. The first-order valence-corrected chi connectivity index (χ1v) is 12.0. The van der Waals surface area contributed by atoms with E-state index in [1.807, 2.05) is 6.07 Å². The lowest BCUT2D eigenvalue weighted by Crippen LogP contribution is -2.13. The summed E-state index contributed by atoms with van der Waals surface area (Å²) in [5.41, 5.74) is 0.817. The number of phenolic OH excluding ortho intramolecular Hbond substituents is 2. The van der Waals surface area contributed by atoms with Gasteiger partial charge in [-0.25, -0.2) is 8.42 Å².